The Bertz CT molecular complexity index is 1330. The largest absolute Gasteiger partial charge is 0.451 e. The molecule has 16 nitrogen and oxygen atoms in total. The molecule has 0 saturated carbocycles. The zero-order chi connectivity index (χ0) is 34.6. The van der Waals surface area contributed by atoms with E-state index in [1.54, 1.807) is 0 Å². The van der Waals surface area contributed by atoms with Crippen molar-refractivity contribution < 1.29 is 76.4 Å². The molecule has 2 rings (SSSR count). The van der Waals surface area contributed by atoms with Crippen LogP contribution in [0.15, 0.2) is 36.4 Å². The van der Waals surface area contributed by atoms with Gasteiger partial charge in [-0.25, -0.2) is 19.4 Å². The van der Waals surface area contributed by atoms with Gasteiger partial charge in [0.25, 0.3) is 0 Å². The van der Waals surface area contributed by atoms with E-state index in [1.807, 2.05) is 0 Å². The molecular weight excluding hydrogens is 616 g/mol. The van der Waals surface area contributed by atoms with Crippen LogP contribution in [0, 0.1) is 0 Å². The van der Waals surface area contributed by atoms with Crippen molar-refractivity contribution in [2.75, 3.05) is 0 Å². The van der Waals surface area contributed by atoms with E-state index in [9.17, 15) is 28.8 Å². The monoisotopic (exact) mass is 650 g/mol. The van der Waals surface area contributed by atoms with Gasteiger partial charge >= 0.3 is 35.8 Å². The van der Waals surface area contributed by atoms with E-state index < -0.39 is 61.0 Å². The summed E-state index contributed by atoms with van der Waals surface area (Å²) in [7, 11) is 0. The topological polar surface area (TPSA) is 195 Å². The first-order chi connectivity index (χ1) is 21.6. The normalized spacial score (nSPS) is 13.0. The van der Waals surface area contributed by atoms with Crippen molar-refractivity contribution in [2.45, 2.75) is 80.6 Å². The maximum atomic E-state index is 13.1. The van der Waals surface area contributed by atoms with E-state index >= 15 is 0 Å². The maximum Gasteiger partial charge on any atom is 0.390 e. The molecule has 250 valence electrons. The minimum absolute atomic E-state index is 0.115. The highest BCUT2D eigenvalue weighted by Crippen LogP contribution is 2.36. The van der Waals surface area contributed by atoms with Crippen LogP contribution in [0.3, 0.4) is 0 Å². The van der Waals surface area contributed by atoms with Gasteiger partial charge in [0.1, 0.15) is 11.1 Å². The molecule has 16 heteroatoms. The first kappa shape index (κ1) is 36.7. The van der Waals surface area contributed by atoms with Gasteiger partial charge in [-0.15, -0.1) is 0 Å². The number of para-hydroxylation sites is 2. The smallest absolute Gasteiger partial charge is 0.390 e. The van der Waals surface area contributed by atoms with Crippen molar-refractivity contribution in [1.29, 1.82) is 0 Å². The Hall–Kier alpha value is -5.54. The van der Waals surface area contributed by atoms with Crippen LogP contribution in [0.5, 0.6) is 23.0 Å². The van der Waals surface area contributed by atoms with E-state index in [-0.39, 0.29) is 34.1 Å². The van der Waals surface area contributed by atoms with Crippen molar-refractivity contribution in [3.63, 3.8) is 0 Å². The second-order valence-electron chi connectivity index (χ2n) is 9.19. The molecule has 0 aromatic heterocycles. The molecule has 0 aliphatic heterocycles. The summed E-state index contributed by atoms with van der Waals surface area (Å²) in [6.45, 7) is 10.1. The standard InChI is InChI=1S/C30H34O16/c1-15(31)37-19(5)41-25-13-9-11-23(27(25)43-21(7)39-17(3)33)29(35)45-46-30(36)24-12-10-14-26(42-20(6)38-16(2)32)28(24)44-22(8)40-18(4)34/h9-14,19-22H,1-8H3. The van der Waals surface area contributed by atoms with Gasteiger partial charge in [0, 0.05) is 55.4 Å². The fourth-order valence-electron chi connectivity index (χ4n) is 3.67. The first-order valence-corrected chi connectivity index (χ1v) is 13.6. The first-order valence-electron chi connectivity index (χ1n) is 13.6. The second kappa shape index (κ2) is 17.1. The fourth-order valence-corrected chi connectivity index (χ4v) is 3.67. The summed E-state index contributed by atoms with van der Waals surface area (Å²) in [6, 6.07) is 7.94. The number of rotatable bonds is 14. The number of hydrogen-bond donors (Lipinski definition) is 0. The predicted molar refractivity (Wildman–Crippen MR) is 151 cm³/mol. The molecule has 0 radical (unpaired) electrons. The zero-order valence-corrected chi connectivity index (χ0v) is 26.3. The van der Waals surface area contributed by atoms with E-state index in [4.69, 9.17) is 47.7 Å². The molecule has 0 spiro atoms. The van der Waals surface area contributed by atoms with E-state index in [0.717, 1.165) is 27.7 Å². The average Bonchev–Trinajstić information content (AvgIpc) is 2.91. The Balaban J connectivity index is 2.39. The summed E-state index contributed by atoms with van der Waals surface area (Å²) in [5, 5.41) is 0. The summed E-state index contributed by atoms with van der Waals surface area (Å²) in [4.78, 5) is 81.4. The van der Waals surface area contributed by atoms with Crippen molar-refractivity contribution in [1.82, 2.24) is 0 Å². The molecule has 4 unspecified atom stereocenters. The zero-order valence-electron chi connectivity index (χ0n) is 26.3. The van der Waals surface area contributed by atoms with Gasteiger partial charge in [-0.1, -0.05) is 12.1 Å². The van der Waals surface area contributed by atoms with Crippen LogP contribution in [0.1, 0.15) is 76.1 Å². The molecule has 0 saturated heterocycles. The van der Waals surface area contributed by atoms with E-state index in [2.05, 4.69) is 0 Å². The van der Waals surface area contributed by atoms with Crippen LogP contribution in [0.2, 0.25) is 0 Å². The fraction of sp³-hybridized carbons (Fsp3) is 0.400. The second-order valence-corrected chi connectivity index (χ2v) is 9.19. The van der Waals surface area contributed by atoms with Crippen molar-refractivity contribution >= 4 is 35.8 Å². The molecule has 0 N–H and O–H groups in total. The molecule has 4 atom stereocenters. The van der Waals surface area contributed by atoms with Crippen LogP contribution >= 0.6 is 0 Å². The van der Waals surface area contributed by atoms with Gasteiger partial charge in [-0.05, 0) is 24.3 Å². The van der Waals surface area contributed by atoms with Crippen LogP contribution < -0.4 is 18.9 Å². The van der Waals surface area contributed by atoms with Crippen molar-refractivity contribution in [2.24, 2.45) is 0 Å². The van der Waals surface area contributed by atoms with Crippen LogP contribution in [0.25, 0.3) is 0 Å². The SMILES string of the molecule is CC(=O)OC(C)Oc1cccc(C(=O)OOC(=O)c2cccc(OC(C)OC(C)=O)c2OC(C)OC(C)=O)c1OC(C)OC(C)=O. The summed E-state index contributed by atoms with van der Waals surface area (Å²) < 4.78 is 42.2. The Labute approximate surface area is 263 Å². The van der Waals surface area contributed by atoms with E-state index in [0.29, 0.717) is 0 Å². The molecule has 0 heterocycles. The van der Waals surface area contributed by atoms with Crippen molar-refractivity contribution in [3.8, 4) is 23.0 Å². The Morgan fingerprint density at radius 2 is 0.739 bits per heavy atom. The predicted octanol–water partition coefficient (Wildman–Crippen LogP) is 3.77. The number of carbonyl (C=O) groups is 6. The highest BCUT2D eigenvalue weighted by atomic mass is 17.2. The molecule has 2 aromatic rings. The summed E-state index contributed by atoms with van der Waals surface area (Å²) in [5.74, 6) is -6.01. The minimum atomic E-state index is -1.25. The van der Waals surface area contributed by atoms with Gasteiger partial charge in [0.2, 0.25) is 25.2 Å². The molecule has 0 fully saturated rings. The lowest BCUT2D eigenvalue weighted by atomic mass is 10.2. The number of esters is 4. The average molecular weight is 651 g/mol. The van der Waals surface area contributed by atoms with Crippen molar-refractivity contribution in [3.05, 3.63) is 47.5 Å². The third kappa shape index (κ3) is 11.9. The molecule has 0 amide bonds. The third-order valence-electron chi connectivity index (χ3n) is 5.07. The third-order valence-corrected chi connectivity index (χ3v) is 5.07. The summed E-state index contributed by atoms with van der Waals surface area (Å²) in [5.41, 5.74) is -0.682. The number of ether oxygens (including phenoxy) is 8. The highest BCUT2D eigenvalue weighted by Gasteiger charge is 2.28. The molecule has 0 bridgehead atoms. The molecule has 2 aromatic carbocycles. The minimum Gasteiger partial charge on any atom is -0.451 e. The van der Waals surface area contributed by atoms with Crippen LogP contribution in [-0.2, 0) is 47.9 Å². The summed E-state index contributed by atoms with van der Waals surface area (Å²) >= 11 is 0. The van der Waals surface area contributed by atoms with Gasteiger partial charge in [-0.2, -0.15) is 0 Å². The van der Waals surface area contributed by atoms with Crippen LogP contribution in [-0.4, -0.2) is 61.0 Å². The van der Waals surface area contributed by atoms with Gasteiger partial charge in [0.15, 0.2) is 23.0 Å². The quantitative estimate of drug-likeness (QED) is 0.0941. The molecule has 46 heavy (non-hydrogen) atoms. The number of benzene rings is 2. The maximum absolute atomic E-state index is 13.1. The molecular formula is C30H34O16. The lowest BCUT2D eigenvalue weighted by Crippen LogP contribution is -2.24. The number of hydrogen-bond acceptors (Lipinski definition) is 16. The van der Waals surface area contributed by atoms with Crippen LogP contribution in [0.4, 0.5) is 0 Å². The Kier molecular flexibility index (Phi) is 13.6. The lowest BCUT2D eigenvalue weighted by Gasteiger charge is -2.22. The molecule has 0 aliphatic rings. The lowest BCUT2D eigenvalue weighted by molar-refractivity contribution is -0.188. The van der Waals surface area contributed by atoms with E-state index in [1.165, 1.54) is 64.1 Å². The Morgan fingerprint density at radius 3 is 1.02 bits per heavy atom. The Morgan fingerprint density at radius 1 is 0.457 bits per heavy atom. The van der Waals surface area contributed by atoms with Gasteiger partial charge < -0.3 is 37.9 Å². The number of carbonyl (C=O) groups excluding carboxylic acids is 6. The van der Waals surface area contributed by atoms with Gasteiger partial charge in [-0.3, -0.25) is 19.2 Å². The summed E-state index contributed by atoms with van der Waals surface area (Å²) in [6.07, 6.45) is -4.70. The van der Waals surface area contributed by atoms with Gasteiger partial charge in [0.05, 0.1) is 0 Å². The molecule has 0 aliphatic carbocycles. The highest BCUT2D eigenvalue weighted by molar-refractivity contribution is 5.96.